The van der Waals surface area contributed by atoms with Crippen molar-refractivity contribution in [2.45, 2.75) is 37.8 Å². The van der Waals surface area contributed by atoms with Crippen LogP contribution >= 0.6 is 0 Å². The first-order valence-electron chi connectivity index (χ1n) is 5.02. The van der Waals surface area contributed by atoms with E-state index in [4.69, 9.17) is 0 Å². The zero-order chi connectivity index (χ0) is 12.6. The van der Waals surface area contributed by atoms with Crippen molar-refractivity contribution in [1.82, 2.24) is 5.32 Å². The lowest BCUT2D eigenvalue weighted by Crippen LogP contribution is -2.33. The smallest absolute Gasteiger partial charge is 0.317 e. The van der Waals surface area contributed by atoms with E-state index < -0.39 is 19.1 Å². The number of rotatable bonds is 9. The van der Waals surface area contributed by atoms with Crippen LogP contribution in [0.1, 0.15) is 19.3 Å². The summed E-state index contributed by atoms with van der Waals surface area (Å²) in [6, 6.07) is -0.0357. The van der Waals surface area contributed by atoms with Crippen molar-refractivity contribution in [2.75, 3.05) is 13.7 Å². The molecule has 1 unspecified atom stereocenters. The zero-order valence-corrected chi connectivity index (χ0v) is 9.19. The van der Waals surface area contributed by atoms with Gasteiger partial charge >= 0.3 is 12.5 Å². The minimum atomic E-state index is -4.35. The molecular formula is C10H17F4NO. The molecule has 0 bridgehead atoms. The Morgan fingerprint density at radius 2 is 2.00 bits per heavy atom. The molecule has 0 saturated heterocycles. The van der Waals surface area contributed by atoms with Crippen LogP contribution in [0.4, 0.5) is 17.6 Å². The molecule has 0 fully saturated rings. The minimum Gasteiger partial charge on any atom is -0.317 e. The number of nitrogens with one attached hydrogen (secondary N) is 1. The lowest BCUT2D eigenvalue weighted by atomic mass is 10.1. The molecule has 16 heavy (non-hydrogen) atoms. The van der Waals surface area contributed by atoms with Gasteiger partial charge in [0.15, 0.2) is 0 Å². The van der Waals surface area contributed by atoms with E-state index >= 15 is 0 Å². The SMILES string of the molecule is C=CCCC(CCOC(F)(F)C(F)F)NC. The van der Waals surface area contributed by atoms with Crippen LogP contribution in [0.5, 0.6) is 0 Å². The minimum absolute atomic E-state index is 0.0357. The first kappa shape index (κ1) is 15.4. The predicted octanol–water partition coefficient (Wildman–Crippen LogP) is 2.81. The molecule has 0 aromatic rings. The second kappa shape index (κ2) is 7.62. The molecule has 96 valence electrons. The lowest BCUT2D eigenvalue weighted by Gasteiger charge is -2.19. The molecule has 6 heteroatoms. The molecule has 1 atom stereocenters. The third kappa shape index (κ3) is 6.07. The van der Waals surface area contributed by atoms with Crippen LogP contribution in [0, 0.1) is 0 Å². The fraction of sp³-hybridized carbons (Fsp3) is 0.800. The molecule has 0 aromatic carbocycles. The average Bonchev–Trinajstić information content (AvgIpc) is 2.22. The molecule has 0 aromatic heterocycles. The van der Waals surface area contributed by atoms with Gasteiger partial charge in [-0.3, -0.25) is 0 Å². The van der Waals surface area contributed by atoms with Crippen LogP contribution < -0.4 is 5.32 Å². The van der Waals surface area contributed by atoms with E-state index in [-0.39, 0.29) is 12.5 Å². The summed E-state index contributed by atoms with van der Waals surface area (Å²) < 4.78 is 52.0. The Morgan fingerprint density at radius 1 is 1.38 bits per heavy atom. The van der Waals surface area contributed by atoms with E-state index in [1.165, 1.54) is 0 Å². The van der Waals surface area contributed by atoms with E-state index in [2.05, 4.69) is 16.6 Å². The zero-order valence-electron chi connectivity index (χ0n) is 9.19. The second-order valence-electron chi connectivity index (χ2n) is 3.35. The highest BCUT2D eigenvalue weighted by molar-refractivity contribution is 4.73. The highest BCUT2D eigenvalue weighted by Gasteiger charge is 2.42. The number of hydrogen-bond donors (Lipinski definition) is 1. The first-order chi connectivity index (χ1) is 7.44. The fourth-order valence-electron chi connectivity index (χ4n) is 1.15. The van der Waals surface area contributed by atoms with Gasteiger partial charge in [-0.25, -0.2) is 8.78 Å². The van der Waals surface area contributed by atoms with Crippen LogP contribution in [-0.2, 0) is 4.74 Å². The molecule has 0 rings (SSSR count). The summed E-state index contributed by atoms with van der Waals surface area (Å²) in [6.45, 7) is 3.13. The van der Waals surface area contributed by atoms with Crippen molar-refractivity contribution < 1.29 is 22.3 Å². The standard InChI is InChI=1S/C10H17F4NO/c1-3-4-5-8(15-2)6-7-16-10(13,14)9(11)12/h3,8-9,15H,1,4-7H2,2H3. The van der Waals surface area contributed by atoms with Gasteiger partial charge in [0.2, 0.25) is 0 Å². The van der Waals surface area contributed by atoms with Crippen LogP contribution in [0.3, 0.4) is 0 Å². The van der Waals surface area contributed by atoms with E-state index in [9.17, 15) is 17.6 Å². The number of halogens is 4. The third-order valence-electron chi connectivity index (χ3n) is 2.14. The Morgan fingerprint density at radius 3 is 2.44 bits per heavy atom. The van der Waals surface area contributed by atoms with Crippen molar-refractivity contribution in [3.63, 3.8) is 0 Å². The fourth-order valence-corrected chi connectivity index (χ4v) is 1.15. The van der Waals surface area contributed by atoms with E-state index in [1.807, 2.05) is 0 Å². The van der Waals surface area contributed by atoms with Gasteiger partial charge in [-0.2, -0.15) is 8.78 Å². The number of alkyl halides is 4. The maximum absolute atomic E-state index is 12.3. The molecule has 0 saturated carbocycles. The Hall–Kier alpha value is -0.620. The van der Waals surface area contributed by atoms with Crippen molar-refractivity contribution in [3.8, 4) is 0 Å². The normalized spacial score (nSPS) is 14.1. The number of hydrogen-bond acceptors (Lipinski definition) is 2. The molecular weight excluding hydrogens is 226 g/mol. The van der Waals surface area contributed by atoms with Gasteiger partial charge in [0, 0.05) is 6.04 Å². The molecule has 2 nitrogen and oxygen atoms in total. The first-order valence-corrected chi connectivity index (χ1v) is 5.02. The van der Waals surface area contributed by atoms with Crippen LogP contribution in [-0.4, -0.2) is 32.2 Å². The van der Waals surface area contributed by atoms with Crippen LogP contribution in [0.2, 0.25) is 0 Å². The maximum Gasteiger partial charge on any atom is 0.416 e. The topological polar surface area (TPSA) is 21.3 Å². The summed E-state index contributed by atoms with van der Waals surface area (Å²) in [5, 5.41) is 2.89. The average molecular weight is 243 g/mol. The van der Waals surface area contributed by atoms with Crippen molar-refractivity contribution in [1.29, 1.82) is 0 Å². The summed E-state index contributed by atoms with van der Waals surface area (Å²) in [6.07, 6.45) is -4.73. The molecule has 0 radical (unpaired) electrons. The van der Waals surface area contributed by atoms with E-state index in [0.717, 1.165) is 6.42 Å². The largest absolute Gasteiger partial charge is 0.416 e. The van der Waals surface area contributed by atoms with Gasteiger partial charge < -0.3 is 10.1 Å². The summed E-state index contributed by atoms with van der Waals surface area (Å²) in [7, 11) is 1.68. The highest BCUT2D eigenvalue weighted by atomic mass is 19.3. The molecule has 0 aliphatic rings. The quantitative estimate of drug-likeness (QED) is 0.496. The summed E-state index contributed by atoms with van der Waals surface area (Å²) in [4.78, 5) is 0. The lowest BCUT2D eigenvalue weighted by molar-refractivity contribution is -0.300. The summed E-state index contributed by atoms with van der Waals surface area (Å²) in [5.41, 5.74) is 0. The Labute approximate surface area is 92.7 Å². The van der Waals surface area contributed by atoms with Crippen molar-refractivity contribution in [2.24, 2.45) is 0 Å². The monoisotopic (exact) mass is 243 g/mol. The molecule has 0 heterocycles. The van der Waals surface area contributed by atoms with Gasteiger partial charge in [0.25, 0.3) is 0 Å². The third-order valence-corrected chi connectivity index (χ3v) is 2.14. The van der Waals surface area contributed by atoms with E-state index in [0.29, 0.717) is 6.42 Å². The number of ether oxygens (including phenoxy) is 1. The van der Waals surface area contributed by atoms with Gasteiger partial charge in [0.05, 0.1) is 6.61 Å². The highest BCUT2D eigenvalue weighted by Crippen LogP contribution is 2.24. The Bertz CT molecular complexity index is 199. The predicted molar refractivity (Wildman–Crippen MR) is 53.8 cm³/mol. The maximum atomic E-state index is 12.3. The van der Waals surface area contributed by atoms with Gasteiger partial charge in [0.1, 0.15) is 0 Å². The summed E-state index contributed by atoms with van der Waals surface area (Å²) in [5.74, 6) is 0. The summed E-state index contributed by atoms with van der Waals surface area (Å²) >= 11 is 0. The van der Waals surface area contributed by atoms with Crippen LogP contribution in [0.25, 0.3) is 0 Å². The molecule has 0 spiro atoms. The Kier molecular flexibility index (Phi) is 7.33. The van der Waals surface area contributed by atoms with Gasteiger partial charge in [-0.05, 0) is 26.3 Å². The molecule has 1 N–H and O–H groups in total. The Balaban J connectivity index is 3.81. The van der Waals surface area contributed by atoms with Crippen molar-refractivity contribution >= 4 is 0 Å². The molecule has 0 aliphatic heterocycles. The molecule has 0 aliphatic carbocycles. The molecule has 0 amide bonds. The second-order valence-corrected chi connectivity index (χ2v) is 3.35. The van der Waals surface area contributed by atoms with E-state index in [1.54, 1.807) is 13.1 Å². The van der Waals surface area contributed by atoms with Crippen molar-refractivity contribution in [3.05, 3.63) is 12.7 Å². The van der Waals surface area contributed by atoms with Gasteiger partial charge in [-0.15, -0.1) is 6.58 Å². The van der Waals surface area contributed by atoms with Gasteiger partial charge in [-0.1, -0.05) is 6.08 Å². The van der Waals surface area contributed by atoms with Crippen LogP contribution in [0.15, 0.2) is 12.7 Å². The number of allylic oxidation sites excluding steroid dienone is 1.